The highest BCUT2D eigenvalue weighted by Crippen LogP contribution is 2.30. The Morgan fingerprint density at radius 1 is 0.889 bits per heavy atom. The van der Waals surface area contributed by atoms with Crippen molar-refractivity contribution in [2.45, 2.75) is 12.2 Å². The second-order valence-corrected chi connectivity index (χ2v) is 7.54. The molecule has 2 unspecified atom stereocenters. The molecule has 8 heteroatoms. The first-order chi connectivity index (χ1) is 8.77. The molecular formula is C10H16N2O2S4. The average Bonchev–Trinajstić information content (AvgIpc) is 2.46. The van der Waals surface area contributed by atoms with Crippen molar-refractivity contribution in [1.29, 1.82) is 0 Å². The molecule has 0 radical (unpaired) electrons. The first-order valence-corrected chi connectivity index (χ1v) is 8.81. The summed E-state index contributed by atoms with van der Waals surface area (Å²) in [6.45, 7) is 4.82. The molecule has 0 bridgehead atoms. The van der Waals surface area contributed by atoms with Crippen LogP contribution in [0.5, 0.6) is 0 Å². The summed E-state index contributed by atoms with van der Waals surface area (Å²) in [6, 6.07) is 0. The predicted molar refractivity (Wildman–Crippen MR) is 85.6 cm³/mol. The van der Waals surface area contributed by atoms with Crippen molar-refractivity contribution < 1.29 is 9.47 Å². The van der Waals surface area contributed by atoms with Crippen LogP contribution in [0.2, 0.25) is 0 Å². The van der Waals surface area contributed by atoms with E-state index in [9.17, 15) is 0 Å². The van der Waals surface area contributed by atoms with Crippen LogP contribution in [0, 0.1) is 0 Å². The molecule has 0 aromatic rings. The Bertz CT molecular complexity index is 274. The van der Waals surface area contributed by atoms with Gasteiger partial charge >= 0.3 is 0 Å². The van der Waals surface area contributed by atoms with Crippen molar-refractivity contribution in [2.24, 2.45) is 0 Å². The molecule has 0 aliphatic carbocycles. The fourth-order valence-corrected chi connectivity index (χ4v) is 4.36. The fourth-order valence-electron chi connectivity index (χ4n) is 1.62. The van der Waals surface area contributed by atoms with Gasteiger partial charge in [0.2, 0.25) is 0 Å². The van der Waals surface area contributed by atoms with Crippen LogP contribution in [0.15, 0.2) is 0 Å². The molecule has 2 atom stereocenters. The van der Waals surface area contributed by atoms with E-state index in [1.807, 2.05) is 0 Å². The van der Waals surface area contributed by atoms with Crippen molar-refractivity contribution in [3.63, 3.8) is 0 Å². The van der Waals surface area contributed by atoms with Gasteiger partial charge in [-0.25, -0.2) is 0 Å². The van der Waals surface area contributed by atoms with Gasteiger partial charge in [0, 0.05) is 26.2 Å². The van der Waals surface area contributed by atoms with Crippen LogP contribution < -0.4 is 10.6 Å². The SMILES string of the molecule is S=C(SSC(=S)C1CNCCO1)C1CNCCO1. The number of rotatable bonds is 2. The summed E-state index contributed by atoms with van der Waals surface area (Å²) in [5.74, 6) is 0. The predicted octanol–water partition coefficient (Wildman–Crippen LogP) is 0.999. The lowest BCUT2D eigenvalue weighted by Crippen LogP contribution is -2.42. The van der Waals surface area contributed by atoms with Crippen LogP contribution in [0.4, 0.5) is 0 Å². The Morgan fingerprint density at radius 2 is 1.33 bits per heavy atom. The molecule has 102 valence electrons. The summed E-state index contributed by atoms with van der Waals surface area (Å²) in [5, 5.41) is 6.53. The zero-order valence-corrected chi connectivity index (χ0v) is 13.1. The highest BCUT2D eigenvalue weighted by atomic mass is 33.1. The summed E-state index contributed by atoms with van der Waals surface area (Å²) in [7, 11) is 3.04. The van der Waals surface area contributed by atoms with Gasteiger partial charge in [0.25, 0.3) is 0 Å². The maximum atomic E-state index is 5.59. The van der Waals surface area contributed by atoms with E-state index in [1.165, 1.54) is 21.6 Å². The van der Waals surface area contributed by atoms with Gasteiger partial charge in [-0.1, -0.05) is 24.4 Å². The maximum absolute atomic E-state index is 5.59. The van der Waals surface area contributed by atoms with Crippen LogP contribution in [0.25, 0.3) is 0 Å². The van der Waals surface area contributed by atoms with Gasteiger partial charge in [0.15, 0.2) is 0 Å². The lowest BCUT2D eigenvalue weighted by Gasteiger charge is -2.25. The van der Waals surface area contributed by atoms with E-state index >= 15 is 0 Å². The van der Waals surface area contributed by atoms with Gasteiger partial charge in [-0.3, -0.25) is 0 Å². The highest BCUT2D eigenvalue weighted by Gasteiger charge is 2.23. The average molecular weight is 325 g/mol. The van der Waals surface area contributed by atoms with Crippen molar-refractivity contribution in [2.75, 3.05) is 39.4 Å². The van der Waals surface area contributed by atoms with Crippen LogP contribution in [0.3, 0.4) is 0 Å². The molecule has 2 saturated heterocycles. The zero-order valence-electron chi connectivity index (χ0n) is 9.85. The molecule has 0 aromatic carbocycles. The smallest absolute Gasteiger partial charge is 0.112 e. The van der Waals surface area contributed by atoms with E-state index in [2.05, 4.69) is 10.6 Å². The highest BCUT2D eigenvalue weighted by molar-refractivity contribution is 8.89. The van der Waals surface area contributed by atoms with Crippen molar-refractivity contribution in [3.8, 4) is 0 Å². The third kappa shape index (κ3) is 4.68. The molecule has 0 amide bonds. The van der Waals surface area contributed by atoms with Crippen LogP contribution in [0.1, 0.15) is 0 Å². The van der Waals surface area contributed by atoms with Gasteiger partial charge in [0.1, 0.15) is 12.2 Å². The van der Waals surface area contributed by atoms with E-state index in [0.717, 1.165) is 47.8 Å². The number of morpholine rings is 2. The number of hydrogen-bond donors (Lipinski definition) is 2. The Hall–Kier alpha value is 0.720. The van der Waals surface area contributed by atoms with Gasteiger partial charge in [0.05, 0.1) is 21.6 Å². The third-order valence-electron chi connectivity index (χ3n) is 2.59. The zero-order chi connectivity index (χ0) is 12.8. The van der Waals surface area contributed by atoms with Crippen molar-refractivity contribution >= 4 is 54.4 Å². The monoisotopic (exact) mass is 324 g/mol. The van der Waals surface area contributed by atoms with Crippen LogP contribution in [-0.2, 0) is 9.47 Å². The Labute approximate surface area is 126 Å². The second kappa shape index (κ2) is 8.11. The molecular weight excluding hydrogens is 308 g/mol. The molecule has 2 heterocycles. The van der Waals surface area contributed by atoms with Crippen molar-refractivity contribution in [3.05, 3.63) is 0 Å². The summed E-state index contributed by atoms with van der Waals surface area (Å²) in [6.07, 6.45) is 0.0268. The Kier molecular flexibility index (Phi) is 6.81. The maximum Gasteiger partial charge on any atom is 0.112 e. The van der Waals surface area contributed by atoms with Gasteiger partial charge in [-0.05, 0) is 21.6 Å². The lowest BCUT2D eigenvalue weighted by atomic mass is 10.3. The van der Waals surface area contributed by atoms with E-state index in [0.29, 0.717) is 0 Å². The van der Waals surface area contributed by atoms with Crippen LogP contribution >= 0.6 is 46.0 Å². The first-order valence-electron chi connectivity index (χ1n) is 5.84. The van der Waals surface area contributed by atoms with Crippen LogP contribution in [-0.4, -0.2) is 60.0 Å². The van der Waals surface area contributed by atoms with Gasteiger partial charge < -0.3 is 20.1 Å². The molecule has 2 rings (SSSR count). The Morgan fingerprint density at radius 3 is 1.67 bits per heavy atom. The summed E-state index contributed by atoms with van der Waals surface area (Å²) in [4.78, 5) is 0. The topological polar surface area (TPSA) is 42.5 Å². The first kappa shape index (κ1) is 15.1. The molecule has 2 aliphatic rings. The third-order valence-corrected chi connectivity index (χ3v) is 6.51. The molecule has 0 saturated carbocycles. The lowest BCUT2D eigenvalue weighted by molar-refractivity contribution is 0.0742. The molecule has 4 nitrogen and oxygen atoms in total. The Balaban J connectivity index is 1.69. The number of ether oxygens (including phenoxy) is 2. The summed E-state index contributed by atoms with van der Waals surface area (Å²) in [5.41, 5.74) is 0. The summed E-state index contributed by atoms with van der Waals surface area (Å²) < 4.78 is 12.9. The number of nitrogens with one attached hydrogen (secondary N) is 2. The van der Waals surface area contributed by atoms with E-state index in [-0.39, 0.29) is 12.2 Å². The minimum absolute atomic E-state index is 0.0134. The van der Waals surface area contributed by atoms with Crippen molar-refractivity contribution in [1.82, 2.24) is 10.6 Å². The van der Waals surface area contributed by atoms with Gasteiger partial charge in [-0.2, -0.15) is 0 Å². The van der Waals surface area contributed by atoms with Gasteiger partial charge in [-0.15, -0.1) is 0 Å². The number of thiocarbonyl (C=S) groups is 2. The molecule has 2 aliphatic heterocycles. The molecule has 0 aromatic heterocycles. The molecule has 0 spiro atoms. The minimum Gasteiger partial charge on any atom is -0.369 e. The minimum atomic E-state index is 0.0134. The standard InChI is InChI=1S/C10H16N2O2S4/c15-9(7-5-11-1-3-13-7)17-18-10(16)8-6-12-2-4-14-8/h7-8,11-12H,1-6H2. The quantitative estimate of drug-likeness (QED) is 0.576. The van der Waals surface area contributed by atoms with E-state index in [4.69, 9.17) is 33.9 Å². The summed E-state index contributed by atoms with van der Waals surface area (Å²) >= 11 is 10.7. The molecule has 18 heavy (non-hydrogen) atoms. The second-order valence-electron chi connectivity index (χ2n) is 3.93. The fraction of sp³-hybridized carbons (Fsp3) is 0.800. The van der Waals surface area contributed by atoms with E-state index in [1.54, 1.807) is 0 Å². The largest absolute Gasteiger partial charge is 0.369 e. The molecule has 2 N–H and O–H groups in total. The molecule has 2 fully saturated rings. The normalized spacial score (nSPS) is 28.9. The van der Waals surface area contributed by atoms with E-state index < -0.39 is 0 Å². The number of hydrogen-bond acceptors (Lipinski definition) is 8.